The zero-order valence-corrected chi connectivity index (χ0v) is 9.59. The maximum absolute atomic E-state index is 3.91. The molecule has 0 fully saturated rings. The van der Waals surface area contributed by atoms with Crippen LogP contribution in [0, 0.1) is 11.3 Å². The third kappa shape index (κ3) is 3.14. The van der Waals surface area contributed by atoms with Crippen molar-refractivity contribution < 1.29 is 0 Å². The zero-order chi connectivity index (χ0) is 10.6. The second kappa shape index (κ2) is 4.60. The Balaban J connectivity index is 2.28. The largest absolute Gasteiger partial charge is 0.311 e. The first-order valence-electron chi connectivity index (χ1n) is 5.21. The van der Waals surface area contributed by atoms with E-state index in [4.69, 9.17) is 0 Å². The van der Waals surface area contributed by atoms with E-state index in [2.05, 4.69) is 43.2 Å². The molecule has 3 heteroatoms. The lowest BCUT2D eigenvalue weighted by Crippen LogP contribution is -2.33. The number of aromatic nitrogens is 2. The van der Waals surface area contributed by atoms with Crippen LogP contribution in [0.2, 0.25) is 0 Å². The average molecular weight is 195 g/mol. The molecule has 1 rings (SSSR count). The third-order valence-corrected chi connectivity index (χ3v) is 3.02. The molecule has 14 heavy (non-hydrogen) atoms. The fraction of sp³-hybridized carbons (Fsp3) is 0.727. The van der Waals surface area contributed by atoms with E-state index in [9.17, 15) is 0 Å². The van der Waals surface area contributed by atoms with Crippen LogP contribution in [-0.2, 0) is 6.54 Å². The molecule has 0 unspecified atom stereocenters. The zero-order valence-electron chi connectivity index (χ0n) is 9.59. The van der Waals surface area contributed by atoms with E-state index in [1.807, 2.05) is 6.07 Å². The minimum Gasteiger partial charge on any atom is -0.311 e. The quantitative estimate of drug-likeness (QED) is 0.756. The molecule has 1 aromatic heterocycles. The van der Waals surface area contributed by atoms with Crippen LogP contribution in [0.1, 0.15) is 33.4 Å². The van der Waals surface area contributed by atoms with Crippen molar-refractivity contribution in [2.75, 3.05) is 6.54 Å². The highest BCUT2D eigenvalue weighted by molar-refractivity contribution is 4.96. The smallest absolute Gasteiger partial charge is 0.0490 e. The van der Waals surface area contributed by atoms with Gasteiger partial charge in [-0.2, -0.15) is 5.10 Å². The lowest BCUT2D eigenvalue weighted by atomic mass is 9.81. The summed E-state index contributed by atoms with van der Waals surface area (Å²) in [7, 11) is 0. The summed E-state index contributed by atoms with van der Waals surface area (Å²) >= 11 is 0. The molecule has 0 amide bonds. The van der Waals surface area contributed by atoms with E-state index in [-0.39, 0.29) is 0 Å². The molecule has 0 saturated heterocycles. The summed E-state index contributed by atoms with van der Waals surface area (Å²) < 4.78 is 0. The van der Waals surface area contributed by atoms with Crippen LogP contribution in [0.15, 0.2) is 12.3 Å². The van der Waals surface area contributed by atoms with Crippen molar-refractivity contribution in [1.29, 1.82) is 0 Å². The highest BCUT2D eigenvalue weighted by Crippen LogP contribution is 2.24. The van der Waals surface area contributed by atoms with Gasteiger partial charge in [0, 0.05) is 25.0 Å². The molecular weight excluding hydrogens is 174 g/mol. The Morgan fingerprint density at radius 2 is 2.21 bits per heavy atom. The van der Waals surface area contributed by atoms with Gasteiger partial charge in [0.1, 0.15) is 0 Å². The molecule has 0 aliphatic rings. The maximum atomic E-state index is 3.91. The van der Waals surface area contributed by atoms with Crippen LogP contribution in [0.5, 0.6) is 0 Å². The maximum Gasteiger partial charge on any atom is 0.0490 e. The van der Waals surface area contributed by atoms with Crippen LogP contribution in [-0.4, -0.2) is 16.7 Å². The summed E-state index contributed by atoms with van der Waals surface area (Å²) in [6.07, 6.45) is 1.78. The van der Waals surface area contributed by atoms with Gasteiger partial charge in [0.2, 0.25) is 0 Å². The summed E-state index contributed by atoms with van der Waals surface area (Å²) in [5, 5.41) is 10.3. The van der Waals surface area contributed by atoms with Gasteiger partial charge in [0.25, 0.3) is 0 Å². The molecule has 0 aliphatic heterocycles. The van der Waals surface area contributed by atoms with Crippen LogP contribution < -0.4 is 5.32 Å². The first-order chi connectivity index (χ1) is 6.52. The first-order valence-corrected chi connectivity index (χ1v) is 5.21. The minimum atomic E-state index is 0.347. The van der Waals surface area contributed by atoms with E-state index in [1.165, 1.54) is 0 Å². The Hall–Kier alpha value is -0.830. The summed E-state index contributed by atoms with van der Waals surface area (Å²) in [5.41, 5.74) is 1.49. The van der Waals surface area contributed by atoms with E-state index in [0.29, 0.717) is 11.3 Å². The van der Waals surface area contributed by atoms with Crippen LogP contribution in [0.25, 0.3) is 0 Å². The van der Waals surface area contributed by atoms with Crippen LogP contribution >= 0.6 is 0 Å². The highest BCUT2D eigenvalue weighted by Gasteiger charge is 2.21. The van der Waals surface area contributed by atoms with Gasteiger partial charge in [-0.25, -0.2) is 0 Å². The van der Waals surface area contributed by atoms with E-state index in [1.54, 1.807) is 6.20 Å². The van der Waals surface area contributed by atoms with Crippen molar-refractivity contribution in [3.8, 4) is 0 Å². The number of nitrogens with zero attached hydrogens (tertiary/aromatic N) is 1. The average Bonchev–Trinajstić information content (AvgIpc) is 2.56. The predicted molar refractivity (Wildman–Crippen MR) is 58.9 cm³/mol. The number of H-pyrrole nitrogens is 1. The summed E-state index contributed by atoms with van der Waals surface area (Å²) in [6.45, 7) is 11.0. The minimum absolute atomic E-state index is 0.347. The molecule has 3 nitrogen and oxygen atoms in total. The molecular formula is C11H21N3. The fourth-order valence-electron chi connectivity index (χ4n) is 1.11. The van der Waals surface area contributed by atoms with Gasteiger partial charge in [-0.15, -0.1) is 0 Å². The van der Waals surface area contributed by atoms with Gasteiger partial charge in [-0.3, -0.25) is 5.10 Å². The monoisotopic (exact) mass is 195 g/mol. The number of nitrogens with one attached hydrogen (secondary N) is 2. The van der Waals surface area contributed by atoms with E-state index in [0.717, 1.165) is 18.8 Å². The second-order valence-corrected chi connectivity index (χ2v) is 4.83. The van der Waals surface area contributed by atoms with Crippen LogP contribution in [0.4, 0.5) is 0 Å². The predicted octanol–water partition coefficient (Wildman–Crippen LogP) is 2.18. The normalized spacial score (nSPS) is 12.4. The van der Waals surface area contributed by atoms with Gasteiger partial charge < -0.3 is 5.32 Å². The fourth-order valence-corrected chi connectivity index (χ4v) is 1.11. The standard InChI is InChI=1S/C11H21N3/c1-9(2)11(3,4)8-12-7-10-5-6-13-14-10/h5-6,9,12H,7-8H2,1-4H3,(H,13,14). The molecule has 0 radical (unpaired) electrons. The molecule has 0 spiro atoms. The van der Waals surface area contributed by atoms with Crippen molar-refractivity contribution in [1.82, 2.24) is 15.5 Å². The number of aromatic amines is 1. The van der Waals surface area contributed by atoms with Crippen molar-refractivity contribution in [3.63, 3.8) is 0 Å². The molecule has 0 bridgehead atoms. The Morgan fingerprint density at radius 3 is 2.71 bits per heavy atom. The van der Waals surface area contributed by atoms with Gasteiger partial charge in [0.05, 0.1) is 0 Å². The third-order valence-electron chi connectivity index (χ3n) is 3.02. The van der Waals surface area contributed by atoms with Gasteiger partial charge in [0.15, 0.2) is 0 Å². The SMILES string of the molecule is CC(C)C(C)(C)CNCc1ccn[nH]1. The molecule has 80 valence electrons. The Morgan fingerprint density at radius 1 is 1.50 bits per heavy atom. The summed E-state index contributed by atoms with van der Waals surface area (Å²) in [4.78, 5) is 0. The van der Waals surface area contributed by atoms with Gasteiger partial charge in [-0.05, 0) is 17.4 Å². The number of hydrogen-bond donors (Lipinski definition) is 2. The Labute approximate surface area is 86.3 Å². The first kappa shape index (κ1) is 11.2. The molecule has 2 N–H and O–H groups in total. The van der Waals surface area contributed by atoms with Crippen molar-refractivity contribution >= 4 is 0 Å². The molecule has 0 aromatic carbocycles. The number of hydrogen-bond acceptors (Lipinski definition) is 2. The summed E-state index contributed by atoms with van der Waals surface area (Å²) in [6, 6.07) is 2.00. The van der Waals surface area contributed by atoms with E-state index < -0.39 is 0 Å². The Bertz CT molecular complexity index is 250. The summed E-state index contributed by atoms with van der Waals surface area (Å²) in [5.74, 6) is 0.691. The molecule has 0 saturated carbocycles. The van der Waals surface area contributed by atoms with Crippen molar-refractivity contribution in [2.45, 2.75) is 34.2 Å². The second-order valence-electron chi connectivity index (χ2n) is 4.83. The van der Waals surface area contributed by atoms with E-state index >= 15 is 0 Å². The molecule has 1 heterocycles. The van der Waals surface area contributed by atoms with Crippen LogP contribution in [0.3, 0.4) is 0 Å². The van der Waals surface area contributed by atoms with Gasteiger partial charge in [-0.1, -0.05) is 27.7 Å². The number of rotatable bonds is 5. The van der Waals surface area contributed by atoms with Crippen molar-refractivity contribution in [2.24, 2.45) is 11.3 Å². The topological polar surface area (TPSA) is 40.7 Å². The Kier molecular flexibility index (Phi) is 3.69. The lowest BCUT2D eigenvalue weighted by Gasteiger charge is -2.29. The molecule has 0 aliphatic carbocycles. The molecule has 0 atom stereocenters. The highest BCUT2D eigenvalue weighted by atomic mass is 15.1. The van der Waals surface area contributed by atoms with Crippen molar-refractivity contribution in [3.05, 3.63) is 18.0 Å². The molecule has 1 aromatic rings. The van der Waals surface area contributed by atoms with Gasteiger partial charge >= 0.3 is 0 Å². The lowest BCUT2D eigenvalue weighted by molar-refractivity contribution is 0.237.